The Labute approximate surface area is 83.1 Å². The van der Waals surface area contributed by atoms with Gasteiger partial charge in [0.15, 0.2) is 0 Å². The first-order valence-corrected chi connectivity index (χ1v) is 5.50. The van der Waals surface area contributed by atoms with Crippen molar-refractivity contribution in [2.75, 3.05) is 20.2 Å². The van der Waals surface area contributed by atoms with Gasteiger partial charge >= 0.3 is 0 Å². The summed E-state index contributed by atoms with van der Waals surface area (Å²) in [6.45, 7) is 8.53. The molecule has 0 radical (unpaired) electrons. The fourth-order valence-corrected chi connectivity index (χ4v) is 1.43. The molecule has 0 rings (SSSR count). The minimum atomic E-state index is 0.393. The van der Waals surface area contributed by atoms with E-state index in [9.17, 15) is 0 Å². The van der Waals surface area contributed by atoms with Crippen LogP contribution < -0.4 is 5.32 Å². The highest BCUT2D eigenvalue weighted by Crippen LogP contribution is 2.07. The SMILES string of the molecule is CCCC(C)COC(CC)CNC. The summed E-state index contributed by atoms with van der Waals surface area (Å²) in [6.07, 6.45) is 4.02. The average Bonchev–Trinajstić information content (AvgIpc) is 2.12. The molecule has 0 spiro atoms. The van der Waals surface area contributed by atoms with E-state index in [0.29, 0.717) is 12.0 Å². The van der Waals surface area contributed by atoms with Crippen LogP contribution in [0.4, 0.5) is 0 Å². The summed E-state index contributed by atoms with van der Waals surface area (Å²) in [6, 6.07) is 0. The molecule has 0 aromatic carbocycles. The van der Waals surface area contributed by atoms with Crippen molar-refractivity contribution in [3.8, 4) is 0 Å². The smallest absolute Gasteiger partial charge is 0.0696 e. The molecule has 0 aromatic rings. The van der Waals surface area contributed by atoms with Gasteiger partial charge in [0.05, 0.1) is 6.10 Å². The van der Waals surface area contributed by atoms with Crippen LogP contribution in [0, 0.1) is 5.92 Å². The number of likely N-dealkylation sites (N-methyl/N-ethyl adjacent to an activating group) is 1. The first-order chi connectivity index (χ1) is 6.24. The highest BCUT2D eigenvalue weighted by Gasteiger charge is 2.07. The van der Waals surface area contributed by atoms with Crippen LogP contribution in [0.5, 0.6) is 0 Å². The third-order valence-corrected chi connectivity index (χ3v) is 2.29. The summed E-state index contributed by atoms with van der Waals surface area (Å²) >= 11 is 0. The van der Waals surface area contributed by atoms with Gasteiger partial charge in [0, 0.05) is 13.2 Å². The summed E-state index contributed by atoms with van der Waals surface area (Å²) in [5.74, 6) is 0.705. The molecule has 2 heteroatoms. The van der Waals surface area contributed by atoms with E-state index < -0.39 is 0 Å². The van der Waals surface area contributed by atoms with Crippen molar-refractivity contribution in [2.45, 2.75) is 46.1 Å². The van der Waals surface area contributed by atoms with Crippen molar-refractivity contribution in [1.82, 2.24) is 5.32 Å². The normalized spacial score (nSPS) is 15.7. The number of hydrogen-bond donors (Lipinski definition) is 1. The summed E-state index contributed by atoms with van der Waals surface area (Å²) in [7, 11) is 1.97. The molecule has 0 saturated heterocycles. The Kier molecular flexibility index (Phi) is 8.46. The van der Waals surface area contributed by atoms with E-state index in [1.807, 2.05) is 7.05 Å². The minimum absolute atomic E-state index is 0.393. The minimum Gasteiger partial charge on any atom is -0.377 e. The van der Waals surface area contributed by atoms with Crippen LogP contribution in [-0.4, -0.2) is 26.3 Å². The Morgan fingerprint density at radius 1 is 1.31 bits per heavy atom. The molecule has 0 saturated carbocycles. The van der Waals surface area contributed by atoms with Gasteiger partial charge in [-0.25, -0.2) is 0 Å². The lowest BCUT2D eigenvalue weighted by molar-refractivity contribution is 0.0300. The third kappa shape index (κ3) is 7.03. The molecule has 2 unspecified atom stereocenters. The summed E-state index contributed by atoms with van der Waals surface area (Å²) in [5, 5.41) is 3.15. The van der Waals surface area contributed by atoms with Crippen molar-refractivity contribution >= 4 is 0 Å². The monoisotopic (exact) mass is 187 g/mol. The van der Waals surface area contributed by atoms with Gasteiger partial charge in [0.1, 0.15) is 0 Å². The van der Waals surface area contributed by atoms with E-state index in [2.05, 4.69) is 26.1 Å². The number of rotatable bonds is 8. The Hall–Kier alpha value is -0.0800. The number of hydrogen-bond acceptors (Lipinski definition) is 2. The fourth-order valence-electron chi connectivity index (χ4n) is 1.43. The summed E-state index contributed by atoms with van der Waals surface area (Å²) in [4.78, 5) is 0. The Morgan fingerprint density at radius 2 is 2.00 bits per heavy atom. The second-order valence-electron chi connectivity index (χ2n) is 3.82. The molecule has 1 N–H and O–H groups in total. The summed E-state index contributed by atoms with van der Waals surface area (Å²) in [5.41, 5.74) is 0. The van der Waals surface area contributed by atoms with Crippen molar-refractivity contribution in [1.29, 1.82) is 0 Å². The lowest BCUT2D eigenvalue weighted by Crippen LogP contribution is -2.27. The van der Waals surface area contributed by atoms with Gasteiger partial charge in [-0.2, -0.15) is 0 Å². The summed E-state index contributed by atoms with van der Waals surface area (Å²) < 4.78 is 5.78. The quantitative estimate of drug-likeness (QED) is 0.630. The van der Waals surface area contributed by atoms with E-state index in [1.165, 1.54) is 12.8 Å². The third-order valence-electron chi connectivity index (χ3n) is 2.29. The van der Waals surface area contributed by atoms with Crippen molar-refractivity contribution in [2.24, 2.45) is 5.92 Å². The molecule has 0 heterocycles. The fraction of sp³-hybridized carbons (Fsp3) is 1.00. The zero-order chi connectivity index (χ0) is 10.1. The maximum Gasteiger partial charge on any atom is 0.0696 e. The average molecular weight is 187 g/mol. The predicted molar refractivity (Wildman–Crippen MR) is 58.0 cm³/mol. The Balaban J connectivity index is 3.46. The lowest BCUT2D eigenvalue weighted by Gasteiger charge is -2.18. The van der Waals surface area contributed by atoms with Crippen molar-refractivity contribution < 1.29 is 4.74 Å². The first kappa shape index (κ1) is 12.9. The van der Waals surface area contributed by atoms with Crippen LogP contribution in [0.2, 0.25) is 0 Å². The predicted octanol–water partition coefficient (Wildman–Crippen LogP) is 2.44. The van der Waals surface area contributed by atoms with Crippen LogP contribution in [0.3, 0.4) is 0 Å². The molecule has 0 aliphatic rings. The topological polar surface area (TPSA) is 21.3 Å². The van der Waals surface area contributed by atoms with Gasteiger partial charge in [-0.05, 0) is 25.8 Å². The molecule has 0 amide bonds. The van der Waals surface area contributed by atoms with E-state index in [1.54, 1.807) is 0 Å². The maximum atomic E-state index is 5.78. The van der Waals surface area contributed by atoms with Crippen molar-refractivity contribution in [3.63, 3.8) is 0 Å². The van der Waals surface area contributed by atoms with Gasteiger partial charge in [-0.15, -0.1) is 0 Å². The zero-order valence-corrected chi connectivity index (χ0v) is 9.60. The maximum absolute atomic E-state index is 5.78. The van der Waals surface area contributed by atoms with Crippen LogP contribution in [0.25, 0.3) is 0 Å². The molecule has 0 fully saturated rings. The van der Waals surface area contributed by atoms with Crippen LogP contribution >= 0.6 is 0 Å². The second-order valence-corrected chi connectivity index (χ2v) is 3.82. The van der Waals surface area contributed by atoms with Gasteiger partial charge in [0.2, 0.25) is 0 Å². The second kappa shape index (κ2) is 8.52. The molecule has 0 aromatic heterocycles. The molecule has 13 heavy (non-hydrogen) atoms. The molecule has 0 bridgehead atoms. The molecule has 0 aliphatic heterocycles. The van der Waals surface area contributed by atoms with E-state index in [4.69, 9.17) is 4.74 Å². The van der Waals surface area contributed by atoms with Crippen LogP contribution in [0.1, 0.15) is 40.0 Å². The number of nitrogens with one attached hydrogen (secondary N) is 1. The molecule has 2 nitrogen and oxygen atoms in total. The van der Waals surface area contributed by atoms with E-state index in [0.717, 1.165) is 19.6 Å². The Morgan fingerprint density at radius 3 is 2.46 bits per heavy atom. The lowest BCUT2D eigenvalue weighted by atomic mass is 10.1. The van der Waals surface area contributed by atoms with E-state index >= 15 is 0 Å². The highest BCUT2D eigenvalue weighted by atomic mass is 16.5. The molecule has 80 valence electrons. The highest BCUT2D eigenvalue weighted by molar-refractivity contribution is 4.59. The molecular weight excluding hydrogens is 162 g/mol. The van der Waals surface area contributed by atoms with Crippen LogP contribution in [-0.2, 0) is 4.74 Å². The van der Waals surface area contributed by atoms with Gasteiger partial charge < -0.3 is 10.1 Å². The van der Waals surface area contributed by atoms with Gasteiger partial charge in [0.25, 0.3) is 0 Å². The van der Waals surface area contributed by atoms with Crippen molar-refractivity contribution in [3.05, 3.63) is 0 Å². The van der Waals surface area contributed by atoms with Gasteiger partial charge in [-0.1, -0.05) is 27.2 Å². The molecular formula is C11H25NO. The zero-order valence-electron chi connectivity index (χ0n) is 9.60. The standard InChI is InChI=1S/C11H25NO/c1-5-7-10(3)9-13-11(6-2)8-12-4/h10-12H,5-9H2,1-4H3. The first-order valence-electron chi connectivity index (χ1n) is 5.50. The number of ether oxygens (including phenoxy) is 1. The Bertz CT molecular complexity index is 106. The van der Waals surface area contributed by atoms with E-state index in [-0.39, 0.29) is 0 Å². The molecule has 2 atom stereocenters. The van der Waals surface area contributed by atoms with Gasteiger partial charge in [-0.3, -0.25) is 0 Å². The van der Waals surface area contributed by atoms with Crippen LogP contribution in [0.15, 0.2) is 0 Å². The largest absolute Gasteiger partial charge is 0.377 e. The molecule has 0 aliphatic carbocycles.